The largest absolute Gasteiger partial charge is 0.312 e. The summed E-state index contributed by atoms with van der Waals surface area (Å²) in [4.78, 5) is 0. The van der Waals surface area contributed by atoms with Gasteiger partial charge in [0.1, 0.15) is 0 Å². The lowest BCUT2D eigenvalue weighted by atomic mass is 10.3. The predicted octanol–water partition coefficient (Wildman–Crippen LogP) is 1.15. The molecule has 0 aliphatic carbocycles. The highest BCUT2D eigenvalue weighted by atomic mass is 79.9. The van der Waals surface area contributed by atoms with E-state index in [0.717, 1.165) is 9.35 Å². The minimum absolute atomic E-state index is 0.106. The van der Waals surface area contributed by atoms with Crippen LogP contribution in [0.15, 0.2) is 15.2 Å². The van der Waals surface area contributed by atoms with E-state index in [1.54, 1.807) is 11.3 Å². The Morgan fingerprint density at radius 3 is 2.80 bits per heavy atom. The van der Waals surface area contributed by atoms with Crippen molar-refractivity contribution >= 4 is 37.3 Å². The molecule has 0 amide bonds. The first kappa shape index (κ1) is 13.1. The number of hydrogen-bond donors (Lipinski definition) is 2. The SMILES string of the molecule is CNS(=O)(=O)CCNCc1csc(Br)c1. The number of sulfonamides is 1. The molecule has 0 saturated heterocycles. The van der Waals surface area contributed by atoms with E-state index in [9.17, 15) is 8.42 Å². The van der Waals surface area contributed by atoms with Crippen molar-refractivity contribution in [3.05, 3.63) is 20.8 Å². The molecule has 0 atom stereocenters. The molecule has 86 valence electrons. The molecule has 0 aromatic carbocycles. The maximum absolute atomic E-state index is 11.1. The van der Waals surface area contributed by atoms with Crippen molar-refractivity contribution < 1.29 is 8.42 Å². The first-order valence-corrected chi connectivity index (χ1v) is 7.71. The molecule has 15 heavy (non-hydrogen) atoms. The molecule has 0 fully saturated rings. The second-order valence-electron chi connectivity index (χ2n) is 2.96. The quantitative estimate of drug-likeness (QED) is 0.775. The van der Waals surface area contributed by atoms with Gasteiger partial charge in [0.2, 0.25) is 10.0 Å². The van der Waals surface area contributed by atoms with Gasteiger partial charge in [-0.1, -0.05) is 0 Å². The van der Waals surface area contributed by atoms with E-state index >= 15 is 0 Å². The van der Waals surface area contributed by atoms with Crippen LogP contribution in [0, 0.1) is 0 Å². The van der Waals surface area contributed by atoms with Gasteiger partial charge in [-0.2, -0.15) is 0 Å². The zero-order valence-electron chi connectivity index (χ0n) is 8.29. The highest BCUT2D eigenvalue weighted by molar-refractivity contribution is 9.11. The Bertz CT molecular complexity index is 403. The van der Waals surface area contributed by atoms with E-state index in [1.807, 2.05) is 11.4 Å². The first-order chi connectivity index (χ1) is 7.03. The Labute approximate surface area is 102 Å². The van der Waals surface area contributed by atoms with Crippen LogP contribution in [0.3, 0.4) is 0 Å². The van der Waals surface area contributed by atoms with Crippen molar-refractivity contribution in [2.24, 2.45) is 0 Å². The zero-order valence-corrected chi connectivity index (χ0v) is 11.5. The fraction of sp³-hybridized carbons (Fsp3) is 0.500. The summed E-state index contributed by atoms with van der Waals surface area (Å²) in [5, 5.41) is 5.10. The molecule has 0 radical (unpaired) electrons. The fourth-order valence-electron chi connectivity index (χ4n) is 0.980. The van der Waals surface area contributed by atoms with E-state index < -0.39 is 10.0 Å². The fourth-order valence-corrected chi connectivity index (χ4v) is 2.81. The van der Waals surface area contributed by atoms with Crippen LogP contribution in [-0.2, 0) is 16.6 Å². The molecule has 1 rings (SSSR count). The summed E-state index contributed by atoms with van der Waals surface area (Å²) in [6.45, 7) is 1.15. The van der Waals surface area contributed by atoms with Gasteiger partial charge in [0, 0.05) is 13.1 Å². The van der Waals surface area contributed by atoms with E-state index in [2.05, 4.69) is 26.0 Å². The summed E-state index contributed by atoms with van der Waals surface area (Å²) in [5.74, 6) is 0.106. The number of hydrogen-bond acceptors (Lipinski definition) is 4. The normalized spacial score (nSPS) is 11.9. The van der Waals surface area contributed by atoms with Gasteiger partial charge >= 0.3 is 0 Å². The van der Waals surface area contributed by atoms with Crippen LogP contribution in [-0.4, -0.2) is 27.8 Å². The molecule has 1 heterocycles. The molecule has 2 N–H and O–H groups in total. The van der Waals surface area contributed by atoms with Crippen molar-refractivity contribution in [3.8, 4) is 0 Å². The first-order valence-electron chi connectivity index (χ1n) is 4.38. The van der Waals surface area contributed by atoms with Crippen molar-refractivity contribution in [2.45, 2.75) is 6.54 Å². The Morgan fingerprint density at radius 2 is 2.27 bits per heavy atom. The summed E-state index contributed by atoms with van der Waals surface area (Å²) >= 11 is 4.99. The maximum atomic E-state index is 11.1. The highest BCUT2D eigenvalue weighted by Crippen LogP contribution is 2.20. The summed E-state index contributed by atoms with van der Waals surface area (Å²) in [6, 6.07) is 2.02. The van der Waals surface area contributed by atoms with Crippen LogP contribution in [0.4, 0.5) is 0 Å². The Hall–Kier alpha value is 0.0500. The number of nitrogens with one attached hydrogen (secondary N) is 2. The molecule has 0 aliphatic heterocycles. The zero-order chi connectivity index (χ0) is 11.3. The number of thiophene rings is 1. The third-order valence-electron chi connectivity index (χ3n) is 1.81. The van der Waals surface area contributed by atoms with E-state index in [-0.39, 0.29) is 5.75 Å². The second-order valence-corrected chi connectivity index (χ2v) is 7.30. The van der Waals surface area contributed by atoms with E-state index in [1.165, 1.54) is 7.05 Å². The summed E-state index contributed by atoms with van der Waals surface area (Å²) in [6.07, 6.45) is 0. The smallest absolute Gasteiger partial charge is 0.212 e. The van der Waals surface area contributed by atoms with Crippen molar-refractivity contribution in [1.82, 2.24) is 10.0 Å². The third-order valence-corrected chi connectivity index (χ3v) is 4.73. The minimum Gasteiger partial charge on any atom is -0.312 e. The van der Waals surface area contributed by atoms with Gasteiger partial charge in [-0.05, 0) is 40.0 Å². The van der Waals surface area contributed by atoms with Gasteiger partial charge in [0.05, 0.1) is 9.54 Å². The van der Waals surface area contributed by atoms with Gasteiger partial charge in [-0.3, -0.25) is 0 Å². The molecule has 0 saturated carbocycles. The minimum atomic E-state index is -3.09. The average molecular weight is 313 g/mol. The third kappa shape index (κ3) is 5.07. The van der Waals surface area contributed by atoms with Crippen molar-refractivity contribution in [3.63, 3.8) is 0 Å². The number of rotatable bonds is 6. The van der Waals surface area contributed by atoms with E-state index in [0.29, 0.717) is 13.1 Å². The van der Waals surface area contributed by atoms with E-state index in [4.69, 9.17) is 0 Å². The summed E-state index contributed by atoms with van der Waals surface area (Å²) in [7, 11) is -1.67. The molecular formula is C8H13BrN2O2S2. The topological polar surface area (TPSA) is 58.2 Å². The van der Waals surface area contributed by atoms with Crippen LogP contribution in [0.5, 0.6) is 0 Å². The molecule has 0 spiro atoms. The monoisotopic (exact) mass is 312 g/mol. The Morgan fingerprint density at radius 1 is 1.53 bits per heavy atom. The standard InChI is InChI=1S/C8H13BrN2O2S2/c1-10-15(12,13)3-2-11-5-7-4-8(9)14-6-7/h4,6,10-11H,2-3,5H2,1H3. The lowest BCUT2D eigenvalue weighted by Gasteiger charge is -2.03. The molecular weight excluding hydrogens is 300 g/mol. The van der Waals surface area contributed by atoms with Crippen LogP contribution in [0.1, 0.15) is 5.56 Å². The Kier molecular flexibility index (Phi) is 5.20. The molecule has 7 heteroatoms. The number of halogens is 1. The summed E-state index contributed by atoms with van der Waals surface area (Å²) < 4.78 is 25.5. The lowest BCUT2D eigenvalue weighted by molar-refractivity contribution is 0.583. The van der Waals surface area contributed by atoms with Crippen molar-refractivity contribution in [2.75, 3.05) is 19.3 Å². The molecule has 1 aromatic rings. The molecule has 0 bridgehead atoms. The predicted molar refractivity (Wildman–Crippen MR) is 66.6 cm³/mol. The van der Waals surface area contributed by atoms with Gasteiger partial charge in [0.15, 0.2) is 0 Å². The molecule has 4 nitrogen and oxygen atoms in total. The second kappa shape index (κ2) is 5.95. The van der Waals surface area contributed by atoms with Crippen LogP contribution in [0.2, 0.25) is 0 Å². The van der Waals surface area contributed by atoms with Crippen LogP contribution >= 0.6 is 27.3 Å². The average Bonchev–Trinajstić information content (AvgIpc) is 2.59. The van der Waals surface area contributed by atoms with Crippen molar-refractivity contribution in [1.29, 1.82) is 0 Å². The molecule has 0 aliphatic rings. The van der Waals surface area contributed by atoms with Crippen LogP contribution < -0.4 is 10.0 Å². The van der Waals surface area contributed by atoms with Gasteiger partial charge < -0.3 is 5.32 Å². The van der Waals surface area contributed by atoms with Crippen LogP contribution in [0.25, 0.3) is 0 Å². The van der Waals surface area contributed by atoms with Gasteiger partial charge in [-0.25, -0.2) is 13.1 Å². The molecule has 0 unspecified atom stereocenters. The van der Waals surface area contributed by atoms with Gasteiger partial charge in [-0.15, -0.1) is 11.3 Å². The molecule has 1 aromatic heterocycles. The summed E-state index contributed by atoms with van der Waals surface area (Å²) in [5.41, 5.74) is 1.16. The lowest BCUT2D eigenvalue weighted by Crippen LogP contribution is -2.29. The highest BCUT2D eigenvalue weighted by Gasteiger charge is 2.05. The maximum Gasteiger partial charge on any atom is 0.212 e. The Balaban J connectivity index is 2.23. The van der Waals surface area contributed by atoms with Gasteiger partial charge in [0.25, 0.3) is 0 Å².